The van der Waals surface area contributed by atoms with E-state index in [0.717, 1.165) is 28.7 Å². The van der Waals surface area contributed by atoms with E-state index in [-0.39, 0.29) is 38.0 Å². The molecule has 2 aromatic carbocycles. The van der Waals surface area contributed by atoms with Gasteiger partial charge in [0.1, 0.15) is 54.4 Å². The number of carboxylic acids is 2. The van der Waals surface area contributed by atoms with Crippen molar-refractivity contribution in [2.45, 2.75) is 159 Å². The van der Waals surface area contributed by atoms with Gasteiger partial charge in [0.05, 0.1) is 12.6 Å². The summed E-state index contributed by atoms with van der Waals surface area (Å²) in [5.74, 6) is -13.1. The van der Waals surface area contributed by atoms with Crippen LogP contribution in [0.2, 0.25) is 0 Å². The number of aromatic nitrogens is 2. The van der Waals surface area contributed by atoms with Crippen molar-refractivity contribution in [1.29, 1.82) is 0 Å². The zero-order valence-electron chi connectivity index (χ0n) is 50.2. The molecule has 0 unspecified atom stereocenters. The fourth-order valence-corrected chi connectivity index (χ4v) is 9.42. The van der Waals surface area contributed by atoms with Gasteiger partial charge in [0.2, 0.25) is 65.0 Å². The van der Waals surface area contributed by atoms with E-state index in [0.29, 0.717) is 24.0 Å². The van der Waals surface area contributed by atoms with Gasteiger partial charge in [-0.25, -0.2) is 0 Å². The van der Waals surface area contributed by atoms with Crippen molar-refractivity contribution in [1.82, 2.24) is 63.1 Å². The average Bonchev–Trinajstić information content (AvgIpc) is 2.37. The first kappa shape index (κ1) is 72.4. The number of carboxylic acid groups (broad SMARTS) is 2. The highest BCUT2D eigenvalue weighted by Crippen LogP contribution is 2.22. The maximum Gasteiger partial charge on any atom is 0.325 e. The average molecular weight is 1260 g/mol. The minimum Gasteiger partial charge on any atom is -0.481 e. The summed E-state index contributed by atoms with van der Waals surface area (Å²) in [6.45, 7) is 6.72. The van der Waals surface area contributed by atoms with Crippen LogP contribution in [0.1, 0.15) is 97.1 Å². The van der Waals surface area contributed by atoms with Crippen LogP contribution in [0.15, 0.2) is 60.9 Å². The molecule has 0 aliphatic heterocycles. The number of para-hydroxylation sites is 2. The molecule has 2 aromatic heterocycles. The normalized spacial score (nSPS) is 14.9. The third-order valence-electron chi connectivity index (χ3n) is 14.6. The van der Waals surface area contributed by atoms with E-state index in [4.69, 9.17) is 17.2 Å². The lowest BCUT2D eigenvalue weighted by molar-refractivity contribution is -0.142. The van der Waals surface area contributed by atoms with Gasteiger partial charge in [0, 0.05) is 65.6 Å². The second-order valence-electron chi connectivity index (χ2n) is 21.6. The molecule has 30 nitrogen and oxygen atoms in total. The Kier molecular flexibility index (Phi) is 29.0. The quantitative estimate of drug-likeness (QED) is 0.0165. The number of aromatic amines is 2. The third kappa shape index (κ3) is 22.8. The number of unbranched alkanes of at least 4 members (excludes halogenated alkanes) is 1. The molecule has 20 N–H and O–H groups in total. The van der Waals surface area contributed by atoms with Crippen LogP contribution in [-0.4, -0.2) is 176 Å². The number of rotatable bonds is 38. The molecule has 0 spiro atoms. The van der Waals surface area contributed by atoms with Crippen molar-refractivity contribution >= 4 is 111 Å². The van der Waals surface area contributed by atoms with Crippen LogP contribution >= 0.6 is 12.6 Å². The molecule has 486 valence electrons. The summed E-state index contributed by atoms with van der Waals surface area (Å²) >= 11 is 4.25. The van der Waals surface area contributed by atoms with Crippen LogP contribution in [0.3, 0.4) is 0 Å². The molecule has 0 fully saturated rings. The second kappa shape index (κ2) is 35.6. The number of aliphatic carboxylic acids is 2. The highest BCUT2D eigenvalue weighted by Gasteiger charge is 2.36. The number of nitrogens with one attached hydrogen (secondary N) is 12. The lowest BCUT2D eigenvalue weighted by atomic mass is 9.97. The summed E-state index contributed by atoms with van der Waals surface area (Å²) in [4.78, 5) is 179. The molecule has 11 atom stereocenters. The van der Waals surface area contributed by atoms with Gasteiger partial charge in [0.15, 0.2) is 0 Å². The Morgan fingerprint density at radius 3 is 1.45 bits per heavy atom. The molecule has 11 amide bonds. The second-order valence-corrected chi connectivity index (χ2v) is 22.0. The van der Waals surface area contributed by atoms with E-state index in [2.05, 4.69) is 75.8 Å². The van der Waals surface area contributed by atoms with E-state index in [1.54, 1.807) is 44.4 Å². The molecule has 0 saturated heterocycles. The fourth-order valence-electron chi connectivity index (χ4n) is 9.16. The topological polar surface area (TPSA) is 492 Å². The zero-order chi connectivity index (χ0) is 66.1. The van der Waals surface area contributed by atoms with E-state index >= 15 is 0 Å². The van der Waals surface area contributed by atoms with Crippen molar-refractivity contribution in [2.75, 3.05) is 18.8 Å². The Bertz CT molecular complexity index is 3170. The predicted octanol–water partition coefficient (Wildman–Crippen LogP) is -2.38. The summed E-state index contributed by atoms with van der Waals surface area (Å²) in [6.07, 6.45) is 2.01. The number of nitrogens with two attached hydrogens (primary N) is 3. The Morgan fingerprint density at radius 1 is 0.528 bits per heavy atom. The highest BCUT2D eigenvalue weighted by molar-refractivity contribution is 7.80. The first-order valence-corrected chi connectivity index (χ1v) is 29.7. The van der Waals surface area contributed by atoms with Gasteiger partial charge < -0.3 is 90.5 Å². The van der Waals surface area contributed by atoms with Crippen LogP contribution < -0.4 is 70.4 Å². The van der Waals surface area contributed by atoms with E-state index in [1.807, 2.05) is 30.3 Å². The van der Waals surface area contributed by atoms with Crippen molar-refractivity contribution in [3.8, 4) is 0 Å². The van der Waals surface area contributed by atoms with Crippen LogP contribution in [0, 0.1) is 5.92 Å². The van der Waals surface area contributed by atoms with Crippen LogP contribution in [0.4, 0.5) is 0 Å². The van der Waals surface area contributed by atoms with Gasteiger partial charge in [-0.2, -0.15) is 12.6 Å². The number of amides is 11. The van der Waals surface area contributed by atoms with Crippen LogP contribution in [0.5, 0.6) is 0 Å². The molecular formula is C58H83N15O15S. The van der Waals surface area contributed by atoms with Gasteiger partial charge in [0.25, 0.3) is 0 Å². The molecule has 0 saturated carbocycles. The number of hydrogen-bond donors (Lipinski definition) is 18. The number of carbonyl (C=O) groups excluding carboxylic acids is 11. The first-order chi connectivity index (χ1) is 42.2. The molecule has 89 heavy (non-hydrogen) atoms. The highest BCUT2D eigenvalue weighted by atomic mass is 32.1. The number of carbonyl (C=O) groups is 13. The molecule has 31 heteroatoms. The van der Waals surface area contributed by atoms with Gasteiger partial charge in [-0.15, -0.1) is 0 Å². The van der Waals surface area contributed by atoms with E-state index in [9.17, 15) is 72.5 Å². The Balaban J connectivity index is 1.52. The summed E-state index contributed by atoms with van der Waals surface area (Å²) in [6, 6.07) is 0.792. The number of thiol groups is 1. The van der Waals surface area contributed by atoms with Crippen molar-refractivity contribution in [3.05, 3.63) is 72.1 Å². The van der Waals surface area contributed by atoms with E-state index < -0.39 is 175 Å². The van der Waals surface area contributed by atoms with Crippen molar-refractivity contribution in [2.24, 2.45) is 23.1 Å². The number of hydrogen-bond acceptors (Lipinski definition) is 16. The summed E-state index contributed by atoms with van der Waals surface area (Å²) in [7, 11) is 0. The van der Waals surface area contributed by atoms with Crippen molar-refractivity contribution < 1.29 is 72.5 Å². The molecule has 0 aliphatic rings. The monoisotopic (exact) mass is 1260 g/mol. The smallest absolute Gasteiger partial charge is 0.325 e. The number of H-pyrrole nitrogens is 2. The zero-order valence-corrected chi connectivity index (χ0v) is 51.1. The summed E-state index contributed by atoms with van der Waals surface area (Å²) < 4.78 is 0. The molecule has 2 heterocycles. The molecular weight excluding hydrogens is 1180 g/mol. The Labute approximate surface area is 518 Å². The third-order valence-corrected chi connectivity index (χ3v) is 14.9. The van der Waals surface area contributed by atoms with E-state index in [1.165, 1.54) is 13.8 Å². The maximum absolute atomic E-state index is 14.6. The molecule has 0 bridgehead atoms. The SMILES string of the molecule is CC[C@H](C)[C@H](NC(=O)CNC(=O)[C@H](C)NC(=O)[C@H](Cc1c[nH]c2ccccc12)NC(=O)[C@H](Cc1c[nH]c2ccccc12)NC(=O)[C@H](CS)NC(=O)[C@H](C)N)C(=O)N[C@@H](CCCCN)C(=O)N[C@@H](CCC(N)=O)C(=O)N[C@@H](CCC(=O)O)C(=O)N[C@@H](C)C(=O)O. The lowest BCUT2D eigenvalue weighted by Gasteiger charge is -2.28. The summed E-state index contributed by atoms with van der Waals surface area (Å²) in [5, 5.41) is 45.2. The summed E-state index contributed by atoms with van der Waals surface area (Å²) in [5.41, 5.74) is 19.5. The van der Waals surface area contributed by atoms with Gasteiger partial charge >= 0.3 is 11.9 Å². The maximum atomic E-state index is 14.6. The predicted molar refractivity (Wildman–Crippen MR) is 329 cm³/mol. The fraction of sp³-hybridized carbons (Fsp3) is 0.500. The molecule has 0 aliphatic carbocycles. The lowest BCUT2D eigenvalue weighted by Crippen LogP contribution is -2.60. The Morgan fingerprint density at radius 2 is 0.966 bits per heavy atom. The first-order valence-electron chi connectivity index (χ1n) is 29.1. The van der Waals surface area contributed by atoms with Crippen LogP contribution in [-0.2, 0) is 75.2 Å². The minimum atomic E-state index is -1.61. The number of primary amides is 1. The Hall–Kier alpha value is -9.10. The molecule has 4 rings (SSSR count). The minimum absolute atomic E-state index is 0.0578. The van der Waals surface area contributed by atoms with Crippen LogP contribution in [0.25, 0.3) is 21.8 Å². The number of benzene rings is 2. The number of fused-ring (bicyclic) bond motifs is 2. The van der Waals surface area contributed by atoms with Gasteiger partial charge in [-0.05, 0) is 88.6 Å². The van der Waals surface area contributed by atoms with Gasteiger partial charge in [-0.1, -0.05) is 56.7 Å². The molecule has 4 aromatic rings. The van der Waals surface area contributed by atoms with Gasteiger partial charge in [-0.3, -0.25) is 62.3 Å². The largest absolute Gasteiger partial charge is 0.481 e. The molecule has 0 radical (unpaired) electrons. The van der Waals surface area contributed by atoms with Crippen molar-refractivity contribution in [3.63, 3.8) is 0 Å². The standard InChI is InChI=1S/C58H83N15O15S/c1-6-29(2)48(57(86)69-39(17-11-12-22-59)52(81)67-40(18-20-45(61)74)53(82)68-41(19-21-47(76)77)51(80)66-32(5)58(87)88)73-46(75)27-64-50(79)31(4)65-54(83)42(23-33-25-62-37-15-9-7-13-35(33)37)70-55(84)43(24-34-26-63-38-16-10-8-14-36(34)38)71-56(85)44(28-89)72-49(78)30(3)60/h7-10,13-16,25-26,29-32,39-44,48,62-63,89H,6,11-12,17-24,27-28,59-60H2,1-5H3,(H2,61,74)(H,64,79)(H,65,83)(H,66,80)(H,67,81)(H,68,82)(H,69,86)(H,70,84)(H,71,85)(H,72,78)(H,73,75)(H,76,77)(H,87,88)/t29-,30-,31-,32-,39-,40-,41-,42-,43-,44-,48-/m0/s1.